The molecule has 0 N–H and O–H groups in total. The van der Waals surface area contributed by atoms with E-state index in [4.69, 9.17) is 13.3 Å². The lowest BCUT2D eigenvalue weighted by molar-refractivity contribution is 0.573. The molecule has 1 aliphatic carbocycles. The van der Waals surface area contributed by atoms with Gasteiger partial charge in [0.2, 0.25) is 0 Å². The molecule has 10 aromatic carbocycles. The zero-order chi connectivity index (χ0) is 60.2. The molecule has 14 aromatic rings. The highest BCUT2D eigenvalue weighted by molar-refractivity contribution is 7.25. The second-order valence-electron chi connectivity index (χ2n) is 28.1. The lowest BCUT2D eigenvalue weighted by atomic mass is 9.84. The first-order valence-corrected chi connectivity index (χ1v) is 31.0. The molecule has 4 aromatic heterocycles. The van der Waals surface area contributed by atoms with E-state index in [0.717, 1.165) is 39.9 Å². The summed E-state index contributed by atoms with van der Waals surface area (Å²) in [7, 11) is 0. The molecule has 0 spiro atoms. The van der Waals surface area contributed by atoms with Crippen LogP contribution in [-0.4, -0.2) is 0 Å². The molecule has 0 saturated heterocycles. The molecule has 15 rings (SSSR count). The Kier molecular flexibility index (Phi) is 15.6. The fourth-order valence-corrected chi connectivity index (χ4v) is 12.8. The first-order valence-electron chi connectivity index (χ1n) is 30.2. The van der Waals surface area contributed by atoms with Gasteiger partial charge in [0.25, 0.3) is 0 Å². The normalized spacial score (nSPS) is 12.6. The zero-order valence-electron chi connectivity index (χ0n) is 52.5. The molecular weight excluding hydrogens is 1050 g/mol. The van der Waals surface area contributed by atoms with Crippen LogP contribution in [0.1, 0.15) is 143 Å². The van der Waals surface area contributed by atoms with E-state index < -0.39 is 0 Å². The monoisotopic (exact) mass is 1130 g/mol. The van der Waals surface area contributed by atoms with E-state index in [-0.39, 0.29) is 27.1 Å². The van der Waals surface area contributed by atoms with E-state index in [9.17, 15) is 0 Å². The number of benzene rings is 10. The van der Waals surface area contributed by atoms with Crippen LogP contribution in [0.25, 0.3) is 97.1 Å². The molecule has 1 aliphatic rings. The second-order valence-corrected chi connectivity index (χ2v) is 29.2. The van der Waals surface area contributed by atoms with Gasteiger partial charge in [-0.15, -0.1) is 11.3 Å². The first kappa shape index (κ1) is 58.6. The molecule has 4 heterocycles. The van der Waals surface area contributed by atoms with Gasteiger partial charge in [0, 0.05) is 58.1 Å². The Balaban J connectivity index is 0.000000111. The molecule has 85 heavy (non-hydrogen) atoms. The van der Waals surface area contributed by atoms with Crippen LogP contribution in [0.3, 0.4) is 0 Å². The van der Waals surface area contributed by atoms with Crippen molar-refractivity contribution in [1.29, 1.82) is 0 Å². The molecular formula is C81H82O3S. The minimum absolute atomic E-state index is 0.105. The number of hydrogen-bond donors (Lipinski definition) is 0. The molecule has 0 aliphatic heterocycles. The van der Waals surface area contributed by atoms with E-state index in [1.54, 1.807) is 0 Å². The summed E-state index contributed by atoms with van der Waals surface area (Å²) in [5.41, 5.74) is 19.4. The number of fused-ring (bicyclic) bond motifs is 15. The molecule has 4 heteroatoms. The van der Waals surface area contributed by atoms with Crippen molar-refractivity contribution >= 4 is 97.3 Å². The topological polar surface area (TPSA) is 39.4 Å². The third kappa shape index (κ3) is 12.2. The van der Waals surface area contributed by atoms with Crippen LogP contribution < -0.4 is 0 Å². The van der Waals surface area contributed by atoms with Crippen molar-refractivity contribution in [3.63, 3.8) is 0 Å². The van der Waals surface area contributed by atoms with Crippen LogP contribution >= 0.6 is 11.3 Å². The van der Waals surface area contributed by atoms with Gasteiger partial charge in [-0.1, -0.05) is 262 Å². The third-order valence-corrected chi connectivity index (χ3v) is 17.7. The van der Waals surface area contributed by atoms with Crippen LogP contribution in [0.4, 0.5) is 0 Å². The zero-order valence-corrected chi connectivity index (χ0v) is 53.4. The Bertz CT molecular complexity index is 4560. The fourth-order valence-electron chi connectivity index (χ4n) is 11.7. The molecule has 0 saturated carbocycles. The second kappa shape index (κ2) is 22.7. The summed E-state index contributed by atoms with van der Waals surface area (Å²) in [6.07, 6.45) is 1.09. The highest BCUT2D eigenvalue weighted by atomic mass is 32.1. The highest BCUT2D eigenvalue weighted by Gasteiger charge is 2.24. The molecule has 430 valence electrons. The van der Waals surface area contributed by atoms with Gasteiger partial charge in [-0.05, 0) is 133 Å². The van der Waals surface area contributed by atoms with Gasteiger partial charge >= 0.3 is 0 Å². The van der Waals surface area contributed by atoms with Crippen molar-refractivity contribution in [2.24, 2.45) is 0 Å². The highest BCUT2D eigenvalue weighted by Crippen LogP contribution is 2.42. The van der Waals surface area contributed by atoms with Gasteiger partial charge in [0.15, 0.2) is 0 Å². The van der Waals surface area contributed by atoms with E-state index >= 15 is 0 Å². The van der Waals surface area contributed by atoms with E-state index in [0.29, 0.717) is 0 Å². The summed E-state index contributed by atoms with van der Waals surface area (Å²) in [6.45, 7) is 33.7. The van der Waals surface area contributed by atoms with Crippen molar-refractivity contribution in [2.75, 3.05) is 0 Å². The molecule has 0 bridgehead atoms. The van der Waals surface area contributed by atoms with E-state index in [2.05, 4.69) is 274 Å². The van der Waals surface area contributed by atoms with Gasteiger partial charge < -0.3 is 13.3 Å². The van der Waals surface area contributed by atoms with Crippen LogP contribution in [0.15, 0.2) is 226 Å². The minimum atomic E-state index is 0.105. The lowest BCUT2D eigenvalue weighted by Crippen LogP contribution is -2.11. The fraction of sp³-hybridized carbons (Fsp3) is 0.259. The molecule has 0 unspecified atom stereocenters. The Morgan fingerprint density at radius 2 is 0.718 bits per heavy atom. The van der Waals surface area contributed by atoms with E-state index in [1.807, 2.05) is 53.8 Å². The SMILES string of the molecule is CC(C)(C)c1ccc2c(c1)Cc1ccccc1-2.CC(C)(C)c1ccc2oc3ccccc3c2c1.CC(C)(C)c1ccc2sc3ccccc3c2c1.CC(C)(C)c1cccc2c1oc1ccccc12.CC(C)(C)c1cccc2oc3ccccc3c12. The predicted molar refractivity (Wildman–Crippen MR) is 369 cm³/mol. The average molecular weight is 1140 g/mol. The number of rotatable bonds is 0. The summed E-state index contributed by atoms with van der Waals surface area (Å²) in [6, 6.07) is 75.1. The predicted octanol–water partition coefficient (Wildman–Crippen LogP) is 24.6. The molecule has 0 fully saturated rings. The maximum atomic E-state index is 6.01. The van der Waals surface area contributed by atoms with Crippen LogP contribution in [-0.2, 0) is 33.5 Å². The Labute approximate surface area is 507 Å². The lowest BCUT2D eigenvalue weighted by Gasteiger charge is -2.20. The Hall–Kier alpha value is -8.18. The largest absolute Gasteiger partial charge is 0.456 e. The van der Waals surface area contributed by atoms with Gasteiger partial charge in [-0.3, -0.25) is 0 Å². The standard InChI is InChI=1S/C17H18.3C16H16O.C16H16S/c1-17(2,3)14-8-9-16-13(11-14)10-12-6-4-5-7-15(12)16;1-16(2,3)13-9-6-8-12-11-7-4-5-10-14(11)17-15(12)13;1-16(2,3)12-8-6-10-14-15(12)11-7-4-5-9-13(11)17-14;2*1-16(2,3)11-8-9-15-13(10-11)12-6-4-5-7-14(12)17-15/h4-9,11H,10H2,1-3H3;4*4-10H,1-3H3. The van der Waals surface area contributed by atoms with Crippen LogP contribution in [0.5, 0.6) is 0 Å². The third-order valence-electron chi connectivity index (χ3n) is 16.6. The summed E-state index contributed by atoms with van der Waals surface area (Å²) in [5.74, 6) is 0. The summed E-state index contributed by atoms with van der Waals surface area (Å²) < 4.78 is 20.5. The minimum Gasteiger partial charge on any atom is -0.456 e. The molecule has 0 atom stereocenters. The van der Waals surface area contributed by atoms with Gasteiger partial charge in [-0.2, -0.15) is 0 Å². The number of para-hydroxylation sites is 4. The van der Waals surface area contributed by atoms with E-state index in [1.165, 1.54) is 103 Å². The average Bonchev–Trinajstić information content (AvgIpc) is 3.67. The first-order chi connectivity index (χ1) is 40.3. The Morgan fingerprint density at radius 3 is 1.38 bits per heavy atom. The summed E-state index contributed by atoms with van der Waals surface area (Å²) in [5, 5.41) is 10.1. The quantitative estimate of drug-likeness (QED) is 0.152. The maximum Gasteiger partial charge on any atom is 0.139 e. The van der Waals surface area contributed by atoms with Gasteiger partial charge in [-0.25, -0.2) is 0 Å². The Morgan fingerprint density at radius 1 is 0.282 bits per heavy atom. The van der Waals surface area contributed by atoms with Crippen molar-refractivity contribution < 1.29 is 13.3 Å². The van der Waals surface area contributed by atoms with Crippen LogP contribution in [0.2, 0.25) is 0 Å². The van der Waals surface area contributed by atoms with Gasteiger partial charge in [0.1, 0.15) is 33.5 Å². The number of thiophene rings is 1. The molecule has 0 radical (unpaired) electrons. The smallest absolute Gasteiger partial charge is 0.139 e. The summed E-state index contributed by atoms with van der Waals surface area (Å²) in [4.78, 5) is 0. The molecule has 0 amide bonds. The van der Waals surface area contributed by atoms with Crippen molar-refractivity contribution in [3.8, 4) is 11.1 Å². The molecule has 3 nitrogen and oxygen atoms in total. The number of furan rings is 3. The van der Waals surface area contributed by atoms with Gasteiger partial charge in [0.05, 0.1) is 0 Å². The maximum absolute atomic E-state index is 6.01. The van der Waals surface area contributed by atoms with Crippen LogP contribution in [0, 0.1) is 0 Å². The summed E-state index contributed by atoms with van der Waals surface area (Å²) >= 11 is 1.88. The van der Waals surface area contributed by atoms with Crippen molar-refractivity contribution in [2.45, 2.75) is 137 Å². The van der Waals surface area contributed by atoms with Crippen molar-refractivity contribution in [1.82, 2.24) is 0 Å². The van der Waals surface area contributed by atoms with Crippen molar-refractivity contribution in [3.05, 3.63) is 251 Å². The number of hydrogen-bond acceptors (Lipinski definition) is 4.